The Hall–Kier alpha value is -4.15. The third-order valence-corrected chi connectivity index (χ3v) is 6.88. The quantitative estimate of drug-likeness (QED) is 0.238. The van der Waals surface area contributed by atoms with E-state index in [2.05, 4.69) is 47.9 Å². The molecule has 4 N–H and O–H groups in total. The summed E-state index contributed by atoms with van der Waals surface area (Å²) >= 11 is 0. The zero-order valence-electron chi connectivity index (χ0n) is 21.6. The average molecular weight is 530 g/mol. The molecule has 3 heterocycles. The molecule has 0 spiro atoms. The number of carbonyl (C=O) groups is 1. The van der Waals surface area contributed by atoms with Crippen molar-refractivity contribution in [2.75, 3.05) is 36.9 Å². The first kappa shape index (κ1) is 26.5. The first-order valence-electron chi connectivity index (χ1n) is 13.2. The number of nitrogens with one attached hydrogen (secondary N) is 3. The summed E-state index contributed by atoms with van der Waals surface area (Å²) in [6, 6.07) is 13.5. The van der Waals surface area contributed by atoms with Crippen molar-refractivity contribution < 1.29 is 14.3 Å². The number of anilines is 3. The molecule has 1 amide bonds. The first-order valence-corrected chi connectivity index (χ1v) is 13.2. The molecule has 0 bridgehead atoms. The second kappa shape index (κ2) is 12.6. The number of amides is 1. The maximum absolute atomic E-state index is 13.3. The molecule has 10 heteroatoms. The number of aromatic amines is 1. The minimum atomic E-state index is -0.410. The van der Waals surface area contributed by atoms with E-state index in [4.69, 9.17) is 0 Å². The van der Waals surface area contributed by atoms with Crippen LogP contribution in [0.25, 0.3) is 17.0 Å². The van der Waals surface area contributed by atoms with Crippen LogP contribution in [-0.2, 0) is 11.2 Å². The van der Waals surface area contributed by atoms with Crippen molar-refractivity contribution in [3.05, 3.63) is 78.0 Å². The number of benzene rings is 2. The molecule has 202 valence electrons. The van der Waals surface area contributed by atoms with Gasteiger partial charge in [0.1, 0.15) is 18.0 Å². The summed E-state index contributed by atoms with van der Waals surface area (Å²) < 4.78 is 13.3. The fraction of sp³-hybridized carbons (Fsp3) is 0.310. The Morgan fingerprint density at radius 1 is 1.15 bits per heavy atom. The van der Waals surface area contributed by atoms with Crippen molar-refractivity contribution in [1.29, 1.82) is 0 Å². The molecule has 0 atom stereocenters. The van der Waals surface area contributed by atoms with Crippen LogP contribution in [0.1, 0.15) is 30.5 Å². The third kappa shape index (κ3) is 7.24. The lowest BCUT2D eigenvalue weighted by Gasteiger charge is -2.30. The Kier molecular flexibility index (Phi) is 8.55. The van der Waals surface area contributed by atoms with Crippen LogP contribution in [0, 0.1) is 11.7 Å². The number of aliphatic hydroxyl groups excluding tert-OH is 1. The summed E-state index contributed by atoms with van der Waals surface area (Å²) in [5.74, 6) is 0.910. The smallest absolute Gasteiger partial charge is 0.230 e. The molecule has 2 aromatic carbocycles. The second-order valence-corrected chi connectivity index (χ2v) is 9.80. The third-order valence-electron chi connectivity index (χ3n) is 6.88. The monoisotopic (exact) mass is 529 g/mol. The zero-order chi connectivity index (χ0) is 27.0. The number of hydrogen-bond donors (Lipinski definition) is 4. The molecule has 0 unspecified atom stereocenters. The maximum atomic E-state index is 13.3. The number of fused-ring (bicyclic) bond motifs is 1. The summed E-state index contributed by atoms with van der Waals surface area (Å²) in [6.07, 6.45) is 9.00. The zero-order valence-corrected chi connectivity index (χ0v) is 21.6. The minimum Gasteiger partial charge on any atom is -0.396 e. The molecule has 0 radical (unpaired) electrons. The molecule has 2 aromatic heterocycles. The number of hydrogen-bond acceptors (Lipinski definition) is 7. The van der Waals surface area contributed by atoms with E-state index >= 15 is 0 Å². The number of likely N-dealkylation sites (tertiary alicyclic amines) is 1. The minimum absolute atomic E-state index is 0.0619. The largest absolute Gasteiger partial charge is 0.396 e. The highest BCUT2D eigenvalue weighted by molar-refractivity contribution is 5.93. The Bertz CT molecular complexity index is 1450. The van der Waals surface area contributed by atoms with E-state index in [9.17, 15) is 14.3 Å². The molecule has 0 saturated carbocycles. The molecular weight excluding hydrogens is 497 g/mol. The number of rotatable bonds is 10. The SMILES string of the molecule is O=C(Cc1cc(Nc2ncnc3cc(/C=C/CCN4CCC(CO)CC4)ccc23)n[nH]1)Nc1cccc(F)c1. The maximum Gasteiger partial charge on any atom is 0.230 e. The van der Waals surface area contributed by atoms with Crippen molar-refractivity contribution in [2.24, 2.45) is 5.92 Å². The highest BCUT2D eigenvalue weighted by Gasteiger charge is 2.17. The molecule has 1 fully saturated rings. The Morgan fingerprint density at radius 2 is 2.03 bits per heavy atom. The average Bonchev–Trinajstić information content (AvgIpc) is 3.37. The summed E-state index contributed by atoms with van der Waals surface area (Å²) in [5, 5.41) is 23.1. The summed E-state index contributed by atoms with van der Waals surface area (Å²) in [5.41, 5.74) is 2.89. The first-order chi connectivity index (χ1) is 19.1. The van der Waals surface area contributed by atoms with Crippen molar-refractivity contribution in [3.63, 3.8) is 0 Å². The van der Waals surface area contributed by atoms with Gasteiger partial charge in [0.15, 0.2) is 5.82 Å². The molecule has 1 aliphatic rings. The molecule has 9 nitrogen and oxygen atoms in total. The predicted octanol–water partition coefficient (Wildman–Crippen LogP) is 4.52. The van der Waals surface area contributed by atoms with Crippen molar-refractivity contribution >= 4 is 40.2 Å². The molecule has 1 aliphatic heterocycles. The highest BCUT2D eigenvalue weighted by Crippen LogP contribution is 2.24. The van der Waals surface area contributed by atoms with Gasteiger partial charge in [-0.3, -0.25) is 9.89 Å². The van der Waals surface area contributed by atoms with Crippen LogP contribution in [0.4, 0.5) is 21.7 Å². The lowest BCUT2D eigenvalue weighted by Crippen LogP contribution is -2.35. The Balaban J connectivity index is 1.16. The lowest BCUT2D eigenvalue weighted by atomic mass is 9.98. The second-order valence-electron chi connectivity index (χ2n) is 9.80. The number of H-pyrrole nitrogens is 1. The van der Waals surface area contributed by atoms with Crippen LogP contribution in [0.5, 0.6) is 0 Å². The van der Waals surface area contributed by atoms with E-state index in [1.807, 2.05) is 18.2 Å². The number of carbonyl (C=O) groups excluding carboxylic acids is 1. The molecular formula is C29H32FN7O2. The van der Waals surface area contributed by atoms with Gasteiger partial charge in [-0.2, -0.15) is 5.10 Å². The van der Waals surface area contributed by atoms with E-state index in [1.165, 1.54) is 18.5 Å². The molecule has 4 aromatic rings. The number of aliphatic hydroxyl groups is 1. The van der Waals surface area contributed by atoms with Crippen molar-refractivity contribution in [1.82, 2.24) is 25.1 Å². The van der Waals surface area contributed by atoms with Crippen LogP contribution in [-0.4, -0.2) is 62.3 Å². The fourth-order valence-corrected chi connectivity index (χ4v) is 4.73. The van der Waals surface area contributed by atoms with Crippen LogP contribution in [0.2, 0.25) is 0 Å². The molecule has 1 saturated heterocycles. The van der Waals surface area contributed by atoms with Gasteiger partial charge in [0.05, 0.1) is 11.9 Å². The van der Waals surface area contributed by atoms with Gasteiger partial charge < -0.3 is 20.6 Å². The van der Waals surface area contributed by atoms with E-state index in [-0.39, 0.29) is 12.3 Å². The Labute approximate surface area is 226 Å². The van der Waals surface area contributed by atoms with Crippen molar-refractivity contribution in [3.8, 4) is 0 Å². The Morgan fingerprint density at radius 3 is 2.85 bits per heavy atom. The van der Waals surface area contributed by atoms with Crippen molar-refractivity contribution in [2.45, 2.75) is 25.7 Å². The summed E-state index contributed by atoms with van der Waals surface area (Å²) in [4.78, 5) is 23.6. The lowest BCUT2D eigenvalue weighted by molar-refractivity contribution is -0.115. The standard InChI is InChI=1S/C29H32FN7O2/c30-22-5-3-6-23(15-22)33-28(39)17-24-16-27(36-35-24)34-29-25-8-7-20(14-26(25)31-19-32-29)4-1-2-11-37-12-9-21(18-38)10-13-37/h1,3-8,14-16,19,21,38H,2,9-13,17-18H2,(H,33,39)(H2,31,32,34,35,36)/b4-1+. The summed E-state index contributed by atoms with van der Waals surface area (Å²) in [7, 11) is 0. The van der Waals surface area contributed by atoms with Gasteiger partial charge in [-0.25, -0.2) is 14.4 Å². The van der Waals surface area contributed by atoms with Gasteiger partial charge in [0.25, 0.3) is 0 Å². The van der Waals surface area contributed by atoms with Crippen LogP contribution in [0.3, 0.4) is 0 Å². The fourth-order valence-electron chi connectivity index (χ4n) is 4.73. The molecule has 5 rings (SSSR count). The molecule has 0 aliphatic carbocycles. The van der Waals surface area contributed by atoms with Gasteiger partial charge in [0.2, 0.25) is 5.91 Å². The number of piperidine rings is 1. The number of aromatic nitrogens is 4. The van der Waals surface area contributed by atoms with Gasteiger partial charge in [-0.1, -0.05) is 24.3 Å². The summed E-state index contributed by atoms with van der Waals surface area (Å²) in [6.45, 7) is 3.44. The van der Waals surface area contributed by atoms with Gasteiger partial charge in [-0.05, 0) is 74.2 Å². The number of halogens is 1. The van der Waals surface area contributed by atoms with E-state index in [1.54, 1.807) is 18.2 Å². The van der Waals surface area contributed by atoms with Crippen LogP contribution < -0.4 is 10.6 Å². The number of nitrogens with zero attached hydrogens (tertiary/aromatic N) is 4. The van der Waals surface area contributed by atoms with E-state index < -0.39 is 5.82 Å². The van der Waals surface area contributed by atoms with E-state index in [0.29, 0.717) is 35.5 Å². The normalized spacial score (nSPS) is 14.7. The van der Waals surface area contributed by atoms with Gasteiger partial charge in [0, 0.05) is 36.0 Å². The van der Waals surface area contributed by atoms with Gasteiger partial charge >= 0.3 is 0 Å². The molecule has 39 heavy (non-hydrogen) atoms. The van der Waals surface area contributed by atoms with Gasteiger partial charge in [-0.15, -0.1) is 0 Å². The topological polar surface area (TPSA) is 119 Å². The predicted molar refractivity (Wildman–Crippen MR) is 150 cm³/mol. The van der Waals surface area contributed by atoms with Crippen LogP contribution >= 0.6 is 0 Å². The highest BCUT2D eigenvalue weighted by atomic mass is 19.1. The van der Waals surface area contributed by atoms with E-state index in [0.717, 1.165) is 55.4 Å². The van der Waals surface area contributed by atoms with Crippen LogP contribution in [0.15, 0.2) is 60.9 Å².